The molecule has 0 aliphatic rings. The Morgan fingerprint density at radius 3 is 2.70 bits per heavy atom. The second-order valence-corrected chi connectivity index (χ2v) is 5.99. The molecule has 0 unspecified atom stereocenters. The molecule has 0 aliphatic heterocycles. The van der Waals surface area contributed by atoms with Crippen LogP contribution in [0.2, 0.25) is 0 Å². The summed E-state index contributed by atoms with van der Waals surface area (Å²) in [4.78, 5) is 8.87. The highest BCUT2D eigenvalue weighted by Gasteiger charge is 2.03. The fourth-order valence-electron chi connectivity index (χ4n) is 2.78. The highest BCUT2D eigenvalue weighted by Crippen LogP contribution is 2.12. The van der Waals surface area contributed by atoms with E-state index in [0.29, 0.717) is 18.1 Å². The summed E-state index contributed by atoms with van der Waals surface area (Å²) in [6, 6.07) is 14.8. The molecule has 1 aromatic heterocycles. The maximum atomic E-state index is 13.7. The molecule has 0 atom stereocenters. The second kappa shape index (κ2) is 10.9. The number of benzene rings is 2. The molecule has 1 heterocycles. The Hall–Kier alpha value is -2.16. The van der Waals surface area contributed by atoms with Crippen molar-refractivity contribution in [3.8, 4) is 0 Å². The van der Waals surface area contributed by atoms with Crippen LogP contribution in [-0.4, -0.2) is 28.6 Å². The number of aromatic nitrogens is 2. The lowest BCUT2D eigenvalue weighted by Crippen LogP contribution is -2.38. The van der Waals surface area contributed by atoms with Crippen molar-refractivity contribution in [1.82, 2.24) is 20.2 Å². The summed E-state index contributed by atoms with van der Waals surface area (Å²) in [5, 5.41) is 6.50. The van der Waals surface area contributed by atoms with Gasteiger partial charge in [-0.2, -0.15) is 0 Å². The van der Waals surface area contributed by atoms with Gasteiger partial charge in [0.1, 0.15) is 5.82 Å². The van der Waals surface area contributed by atoms with Gasteiger partial charge in [0.25, 0.3) is 0 Å². The van der Waals surface area contributed by atoms with Gasteiger partial charge >= 0.3 is 0 Å². The number of nitrogens with one attached hydrogen (secondary N) is 2. The molecule has 0 bridgehead atoms. The molecule has 0 radical (unpaired) electrons. The van der Waals surface area contributed by atoms with E-state index in [0.717, 1.165) is 37.1 Å². The number of rotatable bonds is 7. The van der Waals surface area contributed by atoms with Crippen LogP contribution in [0.15, 0.2) is 59.9 Å². The molecular weight excluding hydrogens is 456 g/mol. The molecule has 27 heavy (non-hydrogen) atoms. The minimum absolute atomic E-state index is 0. The second-order valence-electron chi connectivity index (χ2n) is 5.99. The van der Waals surface area contributed by atoms with Crippen LogP contribution in [0.1, 0.15) is 18.9 Å². The highest BCUT2D eigenvalue weighted by molar-refractivity contribution is 14.0. The molecule has 0 aliphatic carbocycles. The third kappa shape index (κ3) is 5.92. The number of nitrogens with zero attached hydrogens (tertiary/aromatic N) is 3. The summed E-state index contributed by atoms with van der Waals surface area (Å²) < 4.78 is 15.9. The van der Waals surface area contributed by atoms with Gasteiger partial charge in [0.05, 0.1) is 23.9 Å². The number of aryl methyl sites for hydroxylation is 1. The van der Waals surface area contributed by atoms with Gasteiger partial charge in [-0.15, -0.1) is 24.0 Å². The molecule has 5 nitrogen and oxygen atoms in total. The lowest BCUT2D eigenvalue weighted by Gasteiger charge is -2.12. The summed E-state index contributed by atoms with van der Waals surface area (Å²) in [5.41, 5.74) is 2.75. The van der Waals surface area contributed by atoms with Crippen LogP contribution in [0.5, 0.6) is 0 Å². The van der Waals surface area contributed by atoms with Crippen LogP contribution < -0.4 is 10.6 Å². The number of para-hydroxylation sites is 2. The van der Waals surface area contributed by atoms with E-state index >= 15 is 0 Å². The molecular formula is C20H25FIN5. The van der Waals surface area contributed by atoms with Crippen LogP contribution in [-0.2, 0) is 13.1 Å². The largest absolute Gasteiger partial charge is 0.357 e. The predicted octanol–water partition coefficient (Wildman–Crippen LogP) is 3.94. The van der Waals surface area contributed by atoms with E-state index in [-0.39, 0.29) is 29.8 Å². The summed E-state index contributed by atoms with van der Waals surface area (Å²) in [5.74, 6) is 0.477. The fourth-order valence-corrected chi connectivity index (χ4v) is 2.78. The van der Waals surface area contributed by atoms with E-state index < -0.39 is 0 Å². The molecule has 7 heteroatoms. The van der Waals surface area contributed by atoms with Crippen molar-refractivity contribution < 1.29 is 4.39 Å². The first kappa shape index (κ1) is 21.1. The maximum Gasteiger partial charge on any atom is 0.191 e. The van der Waals surface area contributed by atoms with E-state index in [4.69, 9.17) is 0 Å². The van der Waals surface area contributed by atoms with Gasteiger partial charge in [0.2, 0.25) is 0 Å². The minimum Gasteiger partial charge on any atom is -0.357 e. The zero-order valence-corrected chi connectivity index (χ0v) is 17.7. The topological polar surface area (TPSA) is 54.2 Å². The molecule has 0 saturated carbocycles. The summed E-state index contributed by atoms with van der Waals surface area (Å²) in [7, 11) is 0. The summed E-state index contributed by atoms with van der Waals surface area (Å²) in [6.45, 7) is 4.73. The molecule has 3 rings (SSSR count). The number of hydrogen-bond acceptors (Lipinski definition) is 2. The molecule has 3 aromatic rings. The fraction of sp³-hybridized carbons (Fsp3) is 0.300. The molecule has 2 N–H and O–H groups in total. The van der Waals surface area contributed by atoms with Crippen LogP contribution in [0.3, 0.4) is 0 Å². The quantitative estimate of drug-likeness (QED) is 0.233. The van der Waals surface area contributed by atoms with E-state index in [2.05, 4.69) is 31.2 Å². The van der Waals surface area contributed by atoms with Gasteiger partial charge in [-0.1, -0.05) is 30.3 Å². The number of imidazole rings is 1. The van der Waals surface area contributed by atoms with E-state index in [9.17, 15) is 4.39 Å². The van der Waals surface area contributed by atoms with Crippen molar-refractivity contribution in [3.05, 3.63) is 66.2 Å². The lowest BCUT2D eigenvalue weighted by atomic mass is 10.2. The van der Waals surface area contributed by atoms with Gasteiger partial charge in [0.15, 0.2) is 5.96 Å². The monoisotopic (exact) mass is 481 g/mol. The van der Waals surface area contributed by atoms with Crippen molar-refractivity contribution in [2.45, 2.75) is 26.4 Å². The van der Waals surface area contributed by atoms with E-state index in [1.54, 1.807) is 12.1 Å². The minimum atomic E-state index is -0.223. The van der Waals surface area contributed by atoms with Crippen molar-refractivity contribution >= 4 is 41.0 Å². The number of halogens is 2. The van der Waals surface area contributed by atoms with Crippen molar-refractivity contribution in [1.29, 1.82) is 0 Å². The van der Waals surface area contributed by atoms with Gasteiger partial charge in [-0.05, 0) is 31.5 Å². The van der Waals surface area contributed by atoms with E-state index in [1.807, 2.05) is 37.5 Å². The van der Waals surface area contributed by atoms with Crippen LogP contribution in [0.25, 0.3) is 11.0 Å². The Kier molecular flexibility index (Phi) is 8.50. The number of hydrogen-bond donors (Lipinski definition) is 2. The van der Waals surface area contributed by atoms with E-state index in [1.165, 1.54) is 6.07 Å². The Balaban J connectivity index is 0.00000261. The zero-order chi connectivity index (χ0) is 18.2. The first-order valence-corrected chi connectivity index (χ1v) is 8.93. The third-order valence-electron chi connectivity index (χ3n) is 4.11. The standard InChI is InChI=1S/C20H24FN5.HI/c1-2-22-20(24-14-16-8-3-4-9-17(16)21)23-12-7-13-26-15-25-18-10-5-6-11-19(18)26;/h3-6,8-11,15H,2,7,12-14H2,1H3,(H2,22,23,24);1H. The summed E-state index contributed by atoms with van der Waals surface area (Å²) >= 11 is 0. The maximum absolute atomic E-state index is 13.7. The lowest BCUT2D eigenvalue weighted by molar-refractivity contribution is 0.609. The number of guanidine groups is 1. The Bertz CT molecular complexity index is 877. The number of fused-ring (bicyclic) bond motifs is 1. The predicted molar refractivity (Wildman–Crippen MR) is 119 cm³/mol. The number of aliphatic imine (C=N–C) groups is 1. The Morgan fingerprint density at radius 2 is 1.89 bits per heavy atom. The zero-order valence-electron chi connectivity index (χ0n) is 15.4. The smallest absolute Gasteiger partial charge is 0.191 e. The molecule has 144 valence electrons. The van der Waals surface area contributed by atoms with Crippen LogP contribution in [0, 0.1) is 5.82 Å². The van der Waals surface area contributed by atoms with Crippen molar-refractivity contribution in [3.63, 3.8) is 0 Å². The Labute approximate surface area is 176 Å². The first-order chi connectivity index (χ1) is 12.8. The highest BCUT2D eigenvalue weighted by atomic mass is 127. The summed E-state index contributed by atoms with van der Waals surface area (Å²) in [6.07, 6.45) is 2.81. The molecule has 0 saturated heterocycles. The molecule has 0 amide bonds. The normalized spacial score (nSPS) is 11.3. The van der Waals surface area contributed by atoms with Crippen molar-refractivity contribution in [2.24, 2.45) is 4.99 Å². The average Bonchev–Trinajstić information content (AvgIpc) is 3.07. The van der Waals surface area contributed by atoms with Crippen LogP contribution in [0.4, 0.5) is 4.39 Å². The third-order valence-corrected chi connectivity index (χ3v) is 4.11. The Morgan fingerprint density at radius 1 is 1.11 bits per heavy atom. The first-order valence-electron chi connectivity index (χ1n) is 8.93. The molecule has 0 fully saturated rings. The SMILES string of the molecule is CCNC(=NCc1ccccc1F)NCCCn1cnc2ccccc21.I. The van der Waals surface area contributed by atoms with Crippen LogP contribution >= 0.6 is 24.0 Å². The van der Waals surface area contributed by atoms with Gasteiger partial charge in [0, 0.05) is 25.2 Å². The van der Waals surface area contributed by atoms with Crippen molar-refractivity contribution in [2.75, 3.05) is 13.1 Å². The molecule has 2 aromatic carbocycles. The van der Waals surface area contributed by atoms with Gasteiger partial charge in [-0.25, -0.2) is 14.4 Å². The average molecular weight is 481 g/mol. The van der Waals surface area contributed by atoms with Gasteiger partial charge < -0.3 is 15.2 Å². The molecule has 0 spiro atoms. The van der Waals surface area contributed by atoms with Gasteiger partial charge in [-0.3, -0.25) is 0 Å².